The Morgan fingerprint density at radius 1 is 0.725 bits per heavy atom. The van der Waals surface area contributed by atoms with Gasteiger partial charge in [0.25, 0.3) is 0 Å². The van der Waals surface area contributed by atoms with Crippen LogP contribution in [0.15, 0.2) is 24.3 Å². The zero-order valence-corrected chi connectivity index (χ0v) is 31.7. The molecule has 1 saturated heterocycles. The van der Waals surface area contributed by atoms with E-state index < -0.39 is 36.3 Å². The molecule has 1 fully saturated rings. The first-order valence-electron chi connectivity index (χ1n) is 19.3. The maximum absolute atomic E-state index is 12.8. The summed E-state index contributed by atoms with van der Waals surface area (Å²) in [7, 11) is 0. The summed E-state index contributed by atoms with van der Waals surface area (Å²) in [6.45, 7) is 10.1. The van der Waals surface area contributed by atoms with Crippen LogP contribution < -0.4 is 0 Å². The molecule has 0 bridgehead atoms. The van der Waals surface area contributed by atoms with E-state index in [1.807, 2.05) is 0 Å². The fourth-order valence-electron chi connectivity index (χ4n) is 5.42. The molecule has 2 atom stereocenters. The molecule has 0 aromatic rings. The summed E-state index contributed by atoms with van der Waals surface area (Å²) in [4.78, 5) is 50.5. The number of hydrogen-bond acceptors (Lipinski definition) is 11. The average Bonchev–Trinajstić information content (AvgIpc) is 3.13. The fraction of sp³-hybridized carbons (Fsp3) is 0.795. The highest BCUT2D eigenvalue weighted by Crippen LogP contribution is 2.17. The summed E-state index contributed by atoms with van der Waals surface area (Å²) in [6.07, 6.45) is 18.4. The molecule has 12 heteroatoms. The molecule has 1 N–H and O–H groups in total. The average molecular weight is 726 g/mol. The van der Waals surface area contributed by atoms with E-state index in [4.69, 9.17) is 33.5 Å². The Labute approximate surface area is 306 Å². The van der Waals surface area contributed by atoms with Gasteiger partial charge in [0.05, 0.1) is 18.9 Å². The Morgan fingerprint density at radius 2 is 1.31 bits per heavy atom. The van der Waals surface area contributed by atoms with Gasteiger partial charge in [-0.15, -0.1) is 0 Å². The minimum absolute atomic E-state index is 0.0244. The number of unbranched alkanes of at least 4 members (excludes halogenated alkanes) is 5. The summed E-state index contributed by atoms with van der Waals surface area (Å²) in [5, 5.41) is 8.80. The highest BCUT2D eigenvalue weighted by molar-refractivity contribution is 5.70. The first kappa shape index (κ1) is 46.1. The smallest absolute Gasteiger partial charge is 0.481 e. The topological polar surface area (TPSA) is 147 Å². The first-order chi connectivity index (χ1) is 24.8. The van der Waals surface area contributed by atoms with Crippen molar-refractivity contribution >= 4 is 24.1 Å². The van der Waals surface area contributed by atoms with Crippen molar-refractivity contribution in [3.63, 3.8) is 0 Å². The van der Waals surface area contributed by atoms with E-state index >= 15 is 0 Å². The van der Waals surface area contributed by atoms with E-state index in [9.17, 15) is 19.2 Å². The lowest BCUT2D eigenvalue weighted by molar-refractivity contribution is -0.161. The van der Waals surface area contributed by atoms with Crippen LogP contribution in [0.3, 0.4) is 0 Å². The number of carbonyl (C=O) groups excluding carboxylic acids is 3. The summed E-state index contributed by atoms with van der Waals surface area (Å²) in [6, 6.07) is 0. The highest BCUT2D eigenvalue weighted by Gasteiger charge is 2.22. The van der Waals surface area contributed by atoms with Crippen LogP contribution in [0.5, 0.6) is 0 Å². The van der Waals surface area contributed by atoms with E-state index in [0.29, 0.717) is 32.5 Å². The number of ether oxygens (including phenoxy) is 6. The normalized spacial score (nSPS) is 15.7. The van der Waals surface area contributed by atoms with Crippen LogP contribution in [0, 0.1) is 11.8 Å². The zero-order valence-electron chi connectivity index (χ0n) is 31.7. The lowest BCUT2D eigenvalue weighted by Crippen LogP contribution is -2.37. The van der Waals surface area contributed by atoms with Crippen LogP contribution in [0.4, 0.5) is 4.79 Å². The van der Waals surface area contributed by atoms with Gasteiger partial charge in [-0.05, 0) is 90.1 Å². The van der Waals surface area contributed by atoms with Gasteiger partial charge in [-0.25, -0.2) is 4.79 Å². The van der Waals surface area contributed by atoms with Crippen molar-refractivity contribution in [1.82, 2.24) is 4.90 Å². The molecule has 1 rings (SSSR count). The van der Waals surface area contributed by atoms with Gasteiger partial charge in [0.15, 0.2) is 6.29 Å². The fourth-order valence-corrected chi connectivity index (χ4v) is 5.42. The molecule has 1 heterocycles. The molecule has 0 aliphatic carbocycles. The number of aliphatic carboxylic acids is 1. The second-order valence-corrected chi connectivity index (χ2v) is 13.1. The third-order valence-corrected chi connectivity index (χ3v) is 8.43. The molecular weight excluding hydrogens is 658 g/mol. The Morgan fingerprint density at radius 3 is 1.90 bits per heavy atom. The second-order valence-electron chi connectivity index (χ2n) is 13.1. The summed E-state index contributed by atoms with van der Waals surface area (Å²) < 4.78 is 33.6. The SMILES string of the molecule is CC/C=C\CCCCOC(CCC(=O)OCC(COC(=O)CCCCC(=O)O)COC(=O)OCC1CCCN(CC)C1)OCCCC/C=C\CC. The van der Waals surface area contributed by atoms with Crippen LogP contribution >= 0.6 is 0 Å². The number of likely N-dealkylation sites (tertiary alicyclic amines) is 1. The van der Waals surface area contributed by atoms with E-state index in [-0.39, 0.29) is 51.6 Å². The van der Waals surface area contributed by atoms with Gasteiger partial charge in [0.1, 0.15) is 19.8 Å². The highest BCUT2D eigenvalue weighted by atomic mass is 16.7. The molecule has 1 aliphatic heterocycles. The molecular formula is C39H67NO11. The Bertz CT molecular complexity index is 962. The first-order valence-corrected chi connectivity index (χ1v) is 19.3. The molecule has 294 valence electrons. The number of esters is 2. The van der Waals surface area contributed by atoms with Gasteiger partial charge in [0, 0.05) is 44.9 Å². The lowest BCUT2D eigenvalue weighted by atomic mass is 9.99. The monoisotopic (exact) mass is 725 g/mol. The van der Waals surface area contributed by atoms with Crippen molar-refractivity contribution in [3.8, 4) is 0 Å². The van der Waals surface area contributed by atoms with E-state index in [0.717, 1.165) is 83.8 Å². The molecule has 1 aliphatic rings. The van der Waals surface area contributed by atoms with Gasteiger partial charge < -0.3 is 38.4 Å². The summed E-state index contributed by atoms with van der Waals surface area (Å²) >= 11 is 0. The number of piperidine rings is 1. The maximum atomic E-state index is 12.8. The predicted octanol–water partition coefficient (Wildman–Crippen LogP) is 7.63. The summed E-state index contributed by atoms with van der Waals surface area (Å²) in [5.74, 6) is -2.26. The third-order valence-electron chi connectivity index (χ3n) is 8.43. The van der Waals surface area contributed by atoms with Crippen molar-refractivity contribution in [2.75, 3.05) is 59.3 Å². The maximum Gasteiger partial charge on any atom is 0.508 e. The number of allylic oxidation sites excluding steroid dienone is 4. The van der Waals surface area contributed by atoms with Crippen molar-refractivity contribution < 1.29 is 52.7 Å². The van der Waals surface area contributed by atoms with Crippen molar-refractivity contribution in [3.05, 3.63) is 24.3 Å². The molecule has 0 saturated carbocycles. The van der Waals surface area contributed by atoms with E-state index in [2.05, 4.69) is 50.0 Å². The second kappa shape index (κ2) is 31.7. The number of hydrogen-bond donors (Lipinski definition) is 1. The number of carboxylic acid groups (broad SMARTS) is 1. The molecule has 12 nitrogen and oxygen atoms in total. The van der Waals surface area contributed by atoms with Gasteiger partial charge in [-0.2, -0.15) is 0 Å². The van der Waals surface area contributed by atoms with Crippen LogP contribution in [-0.2, 0) is 42.8 Å². The van der Waals surface area contributed by atoms with Gasteiger partial charge >= 0.3 is 24.1 Å². The van der Waals surface area contributed by atoms with Gasteiger partial charge in [-0.1, -0.05) is 45.1 Å². The summed E-state index contributed by atoms with van der Waals surface area (Å²) in [5.41, 5.74) is 0. The quantitative estimate of drug-likeness (QED) is 0.0246. The van der Waals surface area contributed by atoms with Crippen LogP contribution in [0.1, 0.15) is 124 Å². The van der Waals surface area contributed by atoms with Crippen LogP contribution in [-0.4, -0.2) is 99.6 Å². The van der Waals surface area contributed by atoms with Gasteiger partial charge in [-0.3, -0.25) is 14.4 Å². The number of carboxylic acids is 1. The van der Waals surface area contributed by atoms with E-state index in [1.54, 1.807) is 0 Å². The van der Waals surface area contributed by atoms with Gasteiger partial charge in [0.2, 0.25) is 0 Å². The Balaban J connectivity index is 2.62. The number of nitrogens with zero attached hydrogens (tertiary/aromatic N) is 1. The Kier molecular flexibility index (Phi) is 28.7. The van der Waals surface area contributed by atoms with Crippen LogP contribution in [0.2, 0.25) is 0 Å². The van der Waals surface area contributed by atoms with Crippen molar-refractivity contribution in [2.45, 2.75) is 130 Å². The number of carbonyl (C=O) groups is 4. The van der Waals surface area contributed by atoms with Crippen LogP contribution in [0.25, 0.3) is 0 Å². The molecule has 51 heavy (non-hydrogen) atoms. The predicted molar refractivity (Wildman–Crippen MR) is 195 cm³/mol. The Hall–Kier alpha value is -2.96. The van der Waals surface area contributed by atoms with E-state index in [1.165, 1.54) is 0 Å². The largest absolute Gasteiger partial charge is 0.508 e. The molecule has 0 aromatic carbocycles. The van der Waals surface area contributed by atoms with Crippen molar-refractivity contribution in [2.24, 2.45) is 11.8 Å². The molecule has 0 aromatic heterocycles. The zero-order chi connectivity index (χ0) is 37.4. The standard InChI is InChI=1S/C39H67NO11/c1-4-7-9-11-13-17-26-46-38(47-27-18-14-12-10-8-5-2)24-23-37(44)49-31-34(30-48-36(43)22-16-15-21-35(41)42)32-51-39(45)50-29-33-20-19-25-40(6-3)28-33/h7-10,33-34,38H,4-6,11-32H2,1-3H3,(H,41,42)/b9-7-,10-8-. The minimum Gasteiger partial charge on any atom is -0.481 e. The molecule has 0 spiro atoms. The lowest BCUT2D eigenvalue weighted by Gasteiger charge is -2.31. The molecule has 0 amide bonds. The molecule has 2 unspecified atom stereocenters. The molecule has 0 radical (unpaired) electrons. The third kappa shape index (κ3) is 27.4. The van der Waals surface area contributed by atoms with Crippen molar-refractivity contribution in [1.29, 1.82) is 0 Å². The minimum atomic E-state index is -0.921. The number of rotatable bonds is 31.